The van der Waals surface area contributed by atoms with E-state index < -0.39 is 0 Å². The Morgan fingerprint density at radius 3 is 2.80 bits per heavy atom. The largest absolute Gasteiger partial charge is 0.313 e. The smallest absolute Gasteiger partial charge is 0.234 e. The minimum atomic E-state index is 0.585. The maximum atomic E-state index is 9.57. The number of aliphatic imine (C=N–C) groups is 1. The molecule has 0 fully saturated rings. The highest BCUT2D eigenvalue weighted by atomic mass is 16.1. The number of carbonyl (C=O) groups excluding carboxylic acids is 1. The Kier molecular flexibility index (Phi) is 7.29. The van der Waals surface area contributed by atoms with Gasteiger partial charge in [-0.2, -0.15) is 0 Å². The molecule has 0 heterocycles. The molecule has 0 aliphatic carbocycles. The molecule has 0 radical (unpaired) electrons. The fraction of sp³-hybridized carbons (Fsp3) is 0.714. The zero-order valence-corrected chi connectivity index (χ0v) is 5.97. The van der Waals surface area contributed by atoms with E-state index in [9.17, 15) is 4.79 Å². The first kappa shape index (κ1) is 9.05. The quantitative estimate of drug-likeness (QED) is 0.339. The van der Waals surface area contributed by atoms with Crippen molar-refractivity contribution in [3.63, 3.8) is 0 Å². The van der Waals surface area contributed by atoms with Gasteiger partial charge in [-0.05, 0) is 25.5 Å². The fourth-order valence-electron chi connectivity index (χ4n) is 0.660. The van der Waals surface area contributed by atoms with Crippen molar-refractivity contribution in [3.8, 4) is 0 Å². The van der Waals surface area contributed by atoms with Crippen molar-refractivity contribution in [2.75, 3.05) is 6.54 Å². The van der Waals surface area contributed by atoms with Crippen molar-refractivity contribution < 1.29 is 4.79 Å². The summed E-state index contributed by atoms with van der Waals surface area (Å²) in [5.41, 5.74) is 0. The van der Waals surface area contributed by atoms with E-state index in [1.54, 1.807) is 0 Å². The lowest BCUT2D eigenvalue weighted by molar-refractivity contribution is 0.561. The summed E-state index contributed by atoms with van der Waals surface area (Å²) < 4.78 is 0. The second-order valence-corrected chi connectivity index (χ2v) is 2.03. The summed E-state index contributed by atoms with van der Waals surface area (Å²) >= 11 is 0. The van der Waals surface area contributed by atoms with Gasteiger partial charge >= 0.3 is 0 Å². The van der Waals surface area contributed by atoms with E-state index in [1.807, 2.05) is 0 Å². The second-order valence-electron chi connectivity index (χ2n) is 2.03. The molecule has 0 aromatic carbocycles. The van der Waals surface area contributed by atoms with Gasteiger partial charge in [0.2, 0.25) is 6.08 Å². The molecule has 10 heavy (non-hydrogen) atoms. The third kappa shape index (κ3) is 7.05. The molecule has 0 unspecified atom stereocenters. The van der Waals surface area contributed by atoms with E-state index >= 15 is 0 Å². The molecule has 0 aromatic heterocycles. The molecule has 0 aliphatic rings. The molecule has 0 rings (SSSR count). The van der Waals surface area contributed by atoms with Crippen LogP contribution in [-0.4, -0.2) is 18.8 Å². The van der Waals surface area contributed by atoms with Gasteiger partial charge in [-0.25, -0.2) is 9.79 Å². The third-order valence-electron chi connectivity index (χ3n) is 1.18. The third-order valence-corrected chi connectivity index (χ3v) is 1.18. The Balaban J connectivity index is 2.90. The number of unbranched alkanes of at least 4 members (excludes halogenated alkanes) is 3. The molecule has 0 bridgehead atoms. The summed E-state index contributed by atoms with van der Waals surface area (Å²) in [7, 11) is 0. The lowest BCUT2D eigenvalue weighted by Gasteiger charge is -1.91. The van der Waals surface area contributed by atoms with Gasteiger partial charge in [0, 0.05) is 0 Å². The Morgan fingerprint density at radius 1 is 1.40 bits per heavy atom. The average molecular weight is 140 g/mol. The lowest BCUT2D eigenvalue weighted by atomic mass is 10.2. The molecule has 0 aliphatic heterocycles. The highest BCUT2D eigenvalue weighted by Crippen LogP contribution is 1.96. The van der Waals surface area contributed by atoms with Crippen LogP contribution in [0.15, 0.2) is 4.99 Å². The summed E-state index contributed by atoms with van der Waals surface area (Å²) in [5.74, 6) is 0. The van der Waals surface area contributed by atoms with Crippen molar-refractivity contribution in [1.29, 1.82) is 5.41 Å². The Morgan fingerprint density at radius 2 is 2.20 bits per heavy atom. The van der Waals surface area contributed by atoms with Crippen LogP contribution in [0.1, 0.15) is 25.7 Å². The van der Waals surface area contributed by atoms with Gasteiger partial charge < -0.3 is 5.41 Å². The second kappa shape index (κ2) is 8.05. The van der Waals surface area contributed by atoms with Crippen molar-refractivity contribution in [3.05, 3.63) is 0 Å². The number of hydrogen-bond donors (Lipinski definition) is 1. The zero-order chi connectivity index (χ0) is 7.66. The maximum absolute atomic E-state index is 9.57. The van der Waals surface area contributed by atoms with Gasteiger partial charge in [-0.1, -0.05) is 6.42 Å². The van der Waals surface area contributed by atoms with Gasteiger partial charge in [0.25, 0.3) is 0 Å². The Hall–Kier alpha value is -0.950. The van der Waals surface area contributed by atoms with Crippen molar-refractivity contribution in [2.45, 2.75) is 25.7 Å². The van der Waals surface area contributed by atoms with Gasteiger partial charge in [-0.3, -0.25) is 0 Å². The van der Waals surface area contributed by atoms with E-state index in [4.69, 9.17) is 5.41 Å². The SMILES string of the molecule is N=CCCCCCN=C=O. The topological polar surface area (TPSA) is 53.3 Å². The molecule has 3 heteroatoms. The number of rotatable bonds is 6. The zero-order valence-electron chi connectivity index (χ0n) is 5.97. The Bertz CT molecular complexity index is 128. The van der Waals surface area contributed by atoms with E-state index in [-0.39, 0.29) is 0 Å². The van der Waals surface area contributed by atoms with Crippen LogP contribution < -0.4 is 0 Å². The van der Waals surface area contributed by atoms with Crippen LogP contribution in [0.5, 0.6) is 0 Å². The van der Waals surface area contributed by atoms with Crippen molar-refractivity contribution in [1.82, 2.24) is 0 Å². The van der Waals surface area contributed by atoms with Crippen LogP contribution in [-0.2, 0) is 4.79 Å². The first-order valence-corrected chi connectivity index (χ1v) is 3.44. The normalized spacial score (nSPS) is 8.40. The average Bonchev–Trinajstić information content (AvgIpc) is 1.97. The van der Waals surface area contributed by atoms with E-state index in [0.717, 1.165) is 25.7 Å². The molecule has 0 saturated heterocycles. The molecular weight excluding hydrogens is 128 g/mol. The van der Waals surface area contributed by atoms with Gasteiger partial charge in [-0.15, -0.1) is 0 Å². The van der Waals surface area contributed by atoms with Crippen LogP contribution in [0.2, 0.25) is 0 Å². The fourth-order valence-corrected chi connectivity index (χ4v) is 0.660. The van der Waals surface area contributed by atoms with Crippen LogP contribution in [0, 0.1) is 5.41 Å². The highest BCUT2D eigenvalue weighted by Gasteiger charge is 1.84. The maximum Gasteiger partial charge on any atom is 0.234 e. The van der Waals surface area contributed by atoms with E-state index in [0.29, 0.717) is 6.54 Å². The summed E-state index contributed by atoms with van der Waals surface area (Å²) in [5, 5.41) is 6.71. The van der Waals surface area contributed by atoms with Crippen LogP contribution in [0.25, 0.3) is 0 Å². The first-order chi connectivity index (χ1) is 4.91. The predicted molar refractivity (Wildman–Crippen MR) is 40.2 cm³/mol. The number of hydrogen-bond acceptors (Lipinski definition) is 3. The first-order valence-electron chi connectivity index (χ1n) is 3.44. The molecule has 0 saturated carbocycles. The molecule has 3 nitrogen and oxygen atoms in total. The molecule has 0 amide bonds. The molecule has 56 valence electrons. The minimum absolute atomic E-state index is 0.585. The minimum Gasteiger partial charge on any atom is -0.313 e. The predicted octanol–water partition coefficient (Wildman–Crippen LogP) is 1.53. The molecular formula is C7H12N2O. The van der Waals surface area contributed by atoms with Crippen molar-refractivity contribution in [2.24, 2.45) is 4.99 Å². The van der Waals surface area contributed by atoms with Crippen LogP contribution in [0.3, 0.4) is 0 Å². The Labute approximate surface area is 60.7 Å². The highest BCUT2D eigenvalue weighted by molar-refractivity contribution is 5.52. The van der Waals surface area contributed by atoms with Gasteiger partial charge in [0.1, 0.15) is 0 Å². The van der Waals surface area contributed by atoms with E-state index in [1.165, 1.54) is 12.3 Å². The number of nitrogens with one attached hydrogen (secondary N) is 1. The summed E-state index contributed by atoms with van der Waals surface area (Å²) in [6.45, 7) is 0.585. The van der Waals surface area contributed by atoms with Gasteiger partial charge in [0.05, 0.1) is 6.54 Å². The molecule has 0 atom stereocenters. The van der Waals surface area contributed by atoms with Crippen LogP contribution >= 0.6 is 0 Å². The van der Waals surface area contributed by atoms with Crippen LogP contribution in [0.4, 0.5) is 0 Å². The molecule has 1 N–H and O–H groups in total. The number of nitrogens with zero attached hydrogens (tertiary/aromatic N) is 1. The van der Waals surface area contributed by atoms with Gasteiger partial charge in [0.15, 0.2) is 0 Å². The summed E-state index contributed by atoms with van der Waals surface area (Å²) in [4.78, 5) is 13.0. The molecule has 0 spiro atoms. The molecule has 0 aromatic rings. The summed E-state index contributed by atoms with van der Waals surface area (Å²) in [6.07, 6.45) is 6.73. The number of isocyanates is 1. The van der Waals surface area contributed by atoms with Crippen molar-refractivity contribution >= 4 is 12.3 Å². The standard InChI is InChI=1S/C7H12N2O/c8-5-3-1-2-4-6-9-7-10/h5,8H,1-4,6H2. The summed E-state index contributed by atoms with van der Waals surface area (Å²) in [6, 6.07) is 0. The monoisotopic (exact) mass is 140 g/mol. The lowest BCUT2D eigenvalue weighted by Crippen LogP contribution is -1.81. The van der Waals surface area contributed by atoms with E-state index in [2.05, 4.69) is 4.99 Å².